The average Bonchev–Trinajstić information content (AvgIpc) is 2.80. The number of rotatable bonds is 3. The highest BCUT2D eigenvalue weighted by Gasteiger charge is 2.30. The van der Waals surface area contributed by atoms with Crippen molar-refractivity contribution in [2.75, 3.05) is 11.9 Å². The Morgan fingerprint density at radius 2 is 1.62 bits per heavy atom. The zero-order valence-corrected chi connectivity index (χ0v) is 17.5. The molecule has 1 heterocycles. The monoisotopic (exact) mass is 442 g/mol. The van der Waals surface area contributed by atoms with Crippen LogP contribution in [0.15, 0.2) is 66.7 Å². The van der Waals surface area contributed by atoms with E-state index >= 15 is 0 Å². The molecule has 0 bridgehead atoms. The minimum atomic E-state index is -4.39. The van der Waals surface area contributed by atoms with Gasteiger partial charge < -0.3 is 10.6 Å². The number of amides is 1. The summed E-state index contributed by atoms with van der Waals surface area (Å²) in [4.78, 5) is 12.9. The lowest BCUT2D eigenvalue weighted by Crippen LogP contribution is -2.23. The largest absolute Gasteiger partial charge is 0.416 e. The summed E-state index contributed by atoms with van der Waals surface area (Å²) in [6, 6.07) is 17.6. The standard InChI is InChI=1S/C23H19F3N2O.C2H6.CH4/c24-23(25,26)18-8-5-15(6-9-18)20-3-1-2-4-21(20)22(29)28-19-10-7-17-14-27-12-11-16(17)13-19;1-2;/h1-10,13,27H,11-12,14H2,(H,28,29);1-2H3;1H4. The number of halogens is 3. The van der Waals surface area contributed by atoms with Gasteiger partial charge in [-0.05, 0) is 65.6 Å². The maximum absolute atomic E-state index is 12.9. The highest BCUT2D eigenvalue weighted by molar-refractivity contribution is 6.08. The van der Waals surface area contributed by atoms with Gasteiger partial charge in [0.05, 0.1) is 5.56 Å². The number of benzene rings is 3. The normalized spacial score (nSPS) is 12.5. The van der Waals surface area contributed by atoms with E-state index in [4.69, 9.17) is 0 Å². The topological polar surface area (TPSA) is 41.1 Å². The van der Waals surface area contributed by atoms with Gasteiger partial charge in [-0.3, -0.25) is 4.79 Å². The number of fused-ring (bicyclic) bond motifs is 1. The van der Waals surface area contributed by atoms with Crippen LogP contribution in [0.1, 0.15) is 48.3 Å². The van der Waals surface area contributed by atoms with E-state index in [1.165, 1.54) is 23.3 Å². The third-order valence-electron chi connectivity index (χ3n) is 5.05. The van der Waals surface area contributed by atoms with Crippen LogP contribution in [-0.4, -0.2) is 12.5 Å². The third kappa shape index (κ3) is 5.77. The molecule has 0 atom stereocenters. The number of hydrogen-bond acceptors (Lipinski definition) is 2. The molecule has 0 fully saturated rings. The predicted octanol–water partition coefficient (Wildman–Crippen LogP) is 6.93. The second-order valence-electron chi connectivity index (χ2n) is 6.99. The van der Waals surface area contributed by atoms with Crippen molar-refractivity contribution < 1.29 is 18.0 Å². The Balaban J connectivity index is 0.00000118. The summed E-state index contributed by atoms with van der Waals surface area (Å²) in [7, 11) is 0. The lowest BCUT2D eigenvalue weighted by Gasteiger charge is -2.18. The zero-order valence-electron chi connectivity index (χ0n) is 17.5. The molecule has 1 amide bonds. The van der Waals surface area contributed by atoms with Crippen LogP contribution in [0.5, 0.6) is 0 Å². The Bertz CT molecular complexity index is 1040. The van der Waals surface area contributed by atoms with Crippen LogP contribution in [0.25, 0.3) is 11.1 Å². The SMILES string of the molecule is C.CC.O=C(Nc1ccc2c(c1)CCNC2)c1ccccc1-c1ccc(C(F)(F)F)cc1. The van der Waals surface area contributed by atoms with Gasteiger partial charge in [-0.25, -0.2) is 0 Å². The van der Waals surface area contributed by atoms with Gasteiger partial charge in [-0.1, -0.05) is 57.7 Å². The summed E-state index contributed by atoms with van der Waals surface area (Å²) in [6.07, 6.45) is -3.49. The van der Waals surface area contributed by atoms with E-state index in [-0.39, 0.29) is 13.3 Å². The summed E-state index contributed by atoms with van der Waals surface area (Å²) in [6.45, 7) is 5.72. The van der Waals surface area contributed by atoms with Crippen LogP contribution in [-0.2, 0) is 19.1 Å². The molecule has 1 aliphatic heterocycles. The Labute approximate surface area is 187 Å². The van der Waals surface area contributed by atoms with Crippen molar-refractivity contribution in [2.45, 2.75) is 40.4 Å². The lowest BCUT2D eigenvalue weighted by atomic mass is 9.97. The second kappa shape index (κ2) is 11.0. The Hall–Kier alpha value is -3.12. The Morgan fingerprint density at radius 3 is 2.31 bits per heavy atom. The first-order valence-electron chi connectivity index (χ1n) is 10.3. The molecule has 170 valence electrons. The molecule has 1 aliphatic rings. The van der Waals surface area contributed by atoms with Crippen molar-refractivity contribution in [2.24, 2.45) is 0 Å². The van der Waals surface area contributed by atoms with Gasteiger partial charge in [0, 0.05) is 17.8 Å². The molecule has 0 aromatic heterocycles. The first kappa shape index (κ1) is 25.1. The molecule has 32 heavy (non-hydrogen) atoms. The van der Waals surface area contributed by atoms with E-state index in [9.17, 15) is 18.0 Å². The number of carbonyl (C=O) groups excluding carboxylic acids is 1. The Morgan fingerprint density at radius 1 is 0.938 bits per heavy atom. The molecular weight excluding hydrogens is 413 g/mol. The molecule has 4 rings (SSSR count). The maximum atomic E-state index is 12.9. The van der Waals surface area contributed by atoms with E-state index in [0.29, 0.717) is 22.4 Å². The van der Waals surface area contributed by atoms with Crippen LogP contribution in [0.4, 0.5) is 18.9 Å². The van der Waals surface area contributed by atoms with E-state index in [0.717, 1.165) is 31.6 Å². The average molecular weight is 443 g/mol. The lowest BCUT2D eigenvalue weighted by molar-refractivity contribution is -0.137. The number of carbonyl (C=O) groups is 1. The summed E-state index contributed by atoms with van der Waals surface area (Å²) in [5, 5.41) is 6.22. The van der Waals surface area contributed by atoms with Crippen LogP contribution in [0.3, 0.4) is 0 Å². The van der Waals surface area contributed by atoms with Crippen LogP contribution in [0, 0.1) is 0 Å². The van der Waals surface area contributed by atoms with Gasteiger partial charge in [-0.15, -0.1) is 0 Å². The highest BCUT2D eigenvalue weighted by Crippen LogP contribution is 2.32. The van der Waals surface area contributed by atoms with Gasteiger partial charge in [-0.2, -0.15) is 13.2 Å². The minimum absolute atomic E-state index is 0. The number of hydrogen-bond donors (Lipinski definition) is 2. The molecule has 0 radical (unpaired) electrons. The highest BCUT2D eigenvalue weighted by atomic mass is 19.4. The summed E-state index contributed by atoms with van der Waals surface area (Å²) < 4.78 is 38.5. The molecule has 3 aromatic carbocycles. The smallest absolute Gasteiger partial charge is 0.322 e. The molecule has 0 saturated heterocycles. The third-order valence-corrected chi connectivity index (χ3v) is 5.05. The van der Waals surface area contributed by atoms with Crippen molar-refractivity contribution in [3.8, 4) is 11.1 Å². The zero-order chi connectivity index (χ0) is 22.4. The maximum Gasteiger partial charge on any atom is 0.416 e. The van der Waals surface area contributed by atoms with Crippen LogP contribution < -0.4 is 10.6 Å². The van der Waals surface area contributed by atoms with Crippen LogP contribution >= 0.6 is 0 Å². The van der Waals surface area contributed by atoms with E-state index < -0.39 is 11.7 Å². The summed E-state index contributed by atoms with van der Waals surface area (Å²) >= 11 is 0. The quantitative estimate of drug-likeness (QED) is 0.462. The summed E-state index contributed by atoms with van der Waals surface area (Å²) in [5.41, 5.74) is 3.97. The van der Waals surface area contributed by atoms with Crippen LogP contribution in [0.2, 0.25) is 0 Å². The van der Waals surface area contributed by atoms with E-state index in [2.05, 4.69) is 10.6 Å². The van der Waals surface area contributed by atoms with Gasteiger partial charge in [0.1, 0.15) is 0 Å². The molecule has 2 N–H and O–H groups in total. The molecule has 0 unspecified atom stereocenters. The predicted molar refractivity (Wildman–Crippen MR) is 125 cm³/mol. The van der Waals surface area contributed by atoms with E-state index in [1.54, 1.807) is 24.3 Å². The number of anilines is 1. The van der Waals surface area contributed by atoms with Crippen molar-refractivity contribution in [3.05, 3.63) is 89.0 Å². The Kier molecular flexibility index (Phi) is 8.61. The molecule has 3 aromatic rings. The molecule has 0 aliphatic carbocycles. The van der Waals surface area contributed by atoms with Gasteiger partial charge >= 0.3 is 6.18 Å². The van der Waals surface area contributed by atoms with Gasteiger partial charge in [0.15, 0.2) is 0 Å². The molecule has 6 heteroatoms. The van der Waals surface area contributed by atoms with Gasteiger partial charge in [0.2, 0.25) is 0 Å². The second-order valence-corrected chi connectivity index (χ2v) is 6.99. The molecule has 3 nitrogen and oxygen atoms in total. The van der Waals surface area contributed by atoms with Crippen molar-refractivity contribution in [1.82, 2.24) is 5.32 Å². The van der Waals surface area contributed by atoms with Crippen molar-refractivity contribution >= 4 is 11.6 Å². The van der Waals surface area contributed by atoms with E-state index in [1.807, 2.05) is 32.0 Å². The number of nitrogens with one attached hydrogen (secondary N) is 2. The van der Waals surface area contributed by atoms with Crippen molar-refractivity contribution in [3.63, 3.8) is 0 Å². The fraction of sp³-hybridized carbons (Fsp3) is 0.269. The summed E-state index contributed by atoms with van der Waals surface area (Å²) in [5.74, 6) is -0.297. The first-order valence-corrected chi connectivity index (χ1v) is 10.3. The minimum Gasteiger partial charge on any atom is -0.322 e. The van der Waals surface area contributed by atoms with Gasteiger partial charge in [0.25, 0.3) is 5.91 Å². The fourth-order valence-corrected chi connectivity index (χ4v) is 3.53. The van der Waals surface area contributed by atoms with Crippen molar-refractivity contribution in [1.29, 1.82) is 0 Å². The number of alkyl halides is 3. The first-order chi connectivity index (χ1) is 14.9. The molecule has 0 saturated carbocycles. The fourth-order valence-electron chi connectivity index (χ4n) is 3.53. The molecule has 0 spiro atoms. The molecular formula is C26H29F3N2O.